The van der Waals surface area contributed by atoms with Gasteiger partial charge >= 0.3 is 6.03 Å². The number of urea groups is 1. The van der Waals surface area contributed by atoms with E-state index in [0.29, 0.717) is 12.5 Å². The molecule has 0 aromatic rings. The molecular weight excluding hydrogens is 230 g/mol. The largest absolute Gasteiger partial charge is 0.376 e. The Hall–Kier alpha value is -0.810. The van der Waals surface area contributed by atoms with Gasteiger partial charge in [-0.15, -0.1) is 0 Å². The molecule has 2 heterocycles. The van der Waals surface area contributed by atoms with Crippen molar-refractivity contribution in [2.24, 2.45) is 5.92 Å². The van der Waals surface area contributed by atoms with E-state index in [1.54, 1.807) is 0 Å². The van der Waals surface area contributed by atoms with Gasteiger partial charge in [-0.3, -0.25) is 0 Å². The quantitative estimate of drug-likeness (QED) is 0.781. The smallest absolute Gasteiger partial charge is 0.314 e. The van der Waals surface area contributed by atoms with Crippen molar-refractivity contribution in [2.75, 3.05) is 39.8 Å². The van der Waals surface area contributed by atoms with Crippen LogP contribution in [0.2, 0.25) is 0 Å². The van der Waals surface area contributed by atoms with Gasteiger partial charge in [0.05, 0.1) is 6.10 Å². The lowest BCUT2D eigenvalue weighted by molar-refractivity contribution is 0.111. The van der Waals surface area contributed by atoms with Gasteiger partial charge in [0.25, 0.3) is 0 Å². The maximum absolute atomic E-state index is 11.6. The van der Waals surface area contributed by atoms with Crippen LogP contribution >= 0.6 is 0 Å². The summed E-state index contributed by atoms with van der Waals surface area (Å²) in [4.78, 5) is 14.0. The molecule has 2 rings (SSSR count). The second-order valence-corrected chi connectivity index (χ2v) is 5.50. The minimum atomic E-state index is -0.0567. The first-order valence-corrected chi connectivity index (χ1v) is 7.06. The van der Waals surface area contributed by atoms with Crippen LogP contribution in [0.5, 0.6) is 0 Å². The SMILES string of the molecule is CN1CCCC(CNC(=O)NCC2CCCO2)C1. The normalized spacial score (nSPS) is 29.2. The molecule has 5 nitrogen and oxygen atoms in total. The second kappa shape index (κ2) is 6.95. The van der Waals surface area contributed by atoms with Crippen LogP contribution in [-0.4, -0.2) is 56.9 Å². The van der Waals surface area contributed by atoms with E-state index < -0.39 is 0 Å². The summed E-state index contributed by atoms with van der Waals surface area (Å²) >= 11 is 0. The molecule has 2 N–H and O–H groups in total. The molecule has 2 aliphatic rings. The number of carbonyl (C=O) groups is 1. The van der Waals surface area contributed by atoms with Crippen LogP contribution in [0.25, 0.3) is 0 Å². The second-order valence-electron chi connectivity index (χ2n) is 5.50. The molecule has 0 bridgehead atoms. The molecule has 2 aliphatic heterocycles. The van der Waals surface area contributed by atoms with E-state index in [2.05, 4.69) is 22.6 Å². The van der Waals surface area contributed by atoms with E-state index in [1.165, 1.54) is 19.4 Å². The zero-order valence-corrected chi connectivity index (χ0v) is 11.3. The number of nitrogens with one attached hydrogen (secondary N) is 2. The average molecular weight is 255 g/mol. The van der Waals surface area contributed by atoms with Crippen molar-refractivity contribution < 1.29 is 9.53 Å². The summed E-state index contributed by atoms with van der Waals surface area (Å²) in [5.74, 6) is 0.595. The van der Waals surface area contributed by atoms with E-state index >= 15 is 0 Å². The van der Waals surface area contributed by atoms with Crippen LogP contribution < -0.4 is 10.6 Å². The summed E-state index contributed by atoms with van der Waals surface area (Å²) in [7, 11) is 2.14. The highest BCUT2D eigenvalue weighted by Crippen LogP contribution is 2.13. The standard InChI is InChI=1S/C13H25N3O2/c1-16-6-2-4-11(10-16)8-14-13(17)15-9-12-5-3-7-18-12/h11-12H,2-10H2,1H3,(H2,14,15,17). The third kappa shape index (κ3) is 4.46. The number of hydrogen-bond donors (Lipinski definition) is 2. The number of amides is 2. The highest BCUT2D eigenvalue weighted by atomic mass is 16.5. The topological polar surface area (TPSA) is 53.6 Å². The summed E-state index contributed by atoms with van der Waals surface area (Å²) in [6.45, 7) is 4.52. The fourth-order valence-electron chi connectivity index (χ4n) is 2.75. The van der Waals surface area contributed by atoms with E-state index in [1.807, 2.05) is 0 Å². The Balaban J connectivity index is 1.56. The molecule has 18 heavy (non-hydrogen) atoms. The molecule has 0 aromatic carbocycles. The lowest BCUT2D eigenvalue weighted by atomic mass is 9.99. The lowest BCUT2D eigenvalue weighted by Gasteiger charge is -2.29. The molecule has 0 radical (unpaired) electrons. The fraction of sp³-hybridized carbons (Fsp3) is 0.923. The summed E-state index contributed by atoms with van der Waals surface area (Å²) < 4.78 is 5.46. The molecule has 2 amide bonds. The van der Waals surface area contributed by atoms with E-state index in [9.17, 15) is 4.79 Å². The zero-order chi connectivity index (χ0) is 12.8. The molecule has 2 unspecified atom stereocenters. The first-order valence-electron chi connectivity index (χ1n) is 7.06. The third-order valence-electron chi connectivity index (χ3n) is 3.79. The minimum absolute atomic E-state index is 0.0567. The van der Waals surface area contributed by atoms with Crippen LogP contribution in [0.1, 0.15) is 25.7 Å². The fourth-order valence-corrected chi connectivity index (χ4v) is 2.75. The van der Waals surface area contributed by atoms with Gasteiger partial charge in [-0.05, 0) is 45.2 Å². The molecule has 2 saturated heterocycles. The number of rotatable bonds is 4. The summed E-state index contributed by atoms with van der Waals surface area (Å²) in [6.07, 6.45) is 4.85. The summed E-state index contributed by atoms with van der Waals surface area (Å²) in [5.41, 5.74) is 0. The average Bonchev–Trinajstić information content (AvgIpc) is 2.87. The van der Waals surface area contributed by atoms with Crippen LogP contribution in [0, 0.1) is 5.92 Å². The third-order valence-corrected chi connectivity index (χ3v) is 3.79. The van der Waals surface area contributed by atoms with Gasteiger partial charge in [0.2, 0.25) is 0 Å². The summed E-state index contributed by atoms with van der Waals surface area (Å²) in [6, 6.07) is -0.0567. The lowest BCUT2D eigenvalue weighted by Crippen LogP contribution is -2.44. The number of carbonyl (C=O) groups excluding carboxylic acids is 1. The molecule has 0 aliphatic carbocycles. The van der Waals surface area contributed by atoms with Crippen LogP contribution in [0.15, 0.2) is 0 Å². The van der Waals surface area contributed by atoms with Crippen molar-refractivity contribution >= 4 is 6.03 Å². The molecule has 0 aromatic heterocycles. The molecule has 0 spiro atoms. The maximum atomic E-state index is 11.6. The Morgan fingerprint density at radius 2 is 2.11 bits per heavy atom. The first-order chi connectivity index (χ1) is 8.74. The molecule has 5 heteroatoms. The van der Waals surface area contributed by atoms with Gasteiger partial charge in [-0.2, -0.15) is 0 Å². The van der Waals surface area contributed by atoms with Crippen LogP contribution in [0.3, 0.4) is 0 Å². The van der Waals surface area contributed by atoms with Crippen molar-refractivity contribution in [3.63, 3.8) is 0 Å². The molecule has 2 atom stereocenters. The van der Waals surface area contributed by atoms with Crippen molar-refractivity contribution in [1.29, 1.82) is 0 Å². The zero-order valence-electron chi connectivity index (χ0n) is 11.3. The van der Waals surface area contributed by atoms with Gasteiger partial charge in [0, 0.05) is 26.2 Å². The number of piperidine rings is 1. The number of nitrogens with zero attached hydrogens (tertiary/aromatic N) is 1. The van der Waals surface area contributed by atoms with Gasteiger partial charge in [0.15, 0.2) is 0 Å². The van der Waals surface area contributed by atoms with Crippen molar-refractivity contribution in [1.82, 2.24) is 15.5 Å². The predicted molar refractivity (Wildman–Crippen MR) is 70.6 cm³/mol. The Morgan fingerprint density at radius 3 is 2.83 bits per heavy atom. The maximum Gasteiger partial charge on any atom is 0.314 e. The molecule has 2 fully saturated rings. The first kappa shape index (κ1) is 13.6. The molecular formula is C13H25N3O2. The Kier molecular flexibility index (Phi) is 5.26. The number of likely N-dealkylation sites (tertiary alicyclic amines) is 1. The Labute approximate surface area is 109 Å². The Morgan fingerprint density at radius 1 is 1.28 bits per heavy atom. The Bertz CT molecular complexity index is 267. The number of ether oxygens (including phenoxy) is 1. The summed E-state index contributed by atoms with van der Waals surface area (Å²) in [5, 5.41) is 5.85. The monoisotopic (exact) mass is 255 g/mol. The van der Waals surface area contributed by atoms with Gasteiger partial charge in [-0.25, -0.2) is 4.79 Å². The van der Waals surface area contributed by atoms with Crippen molar-refractivity contribution in [2.45, 2.75) is 31.8 Å². The molecule has 0 saturated carbocycles. The van der Waals surface area contributed by atoms with E-state index in [0.717, 1.165) is 32.5 Å². The van der Waals surface area contributed by atoms with Crippen molar-refractivity contribution in [3.05, 3.63) is 0 Å². The minimum Gasteiger partial charge on any atom is -0.376 e. The van der Waals surface area contributed by atoms with Gasteiger partial charge in [0.1, 0.15) is 0 Å². The van der Waals surface area contributed by atoms with E-state index in [-0.39, 0.29) is 12.1 Å². The highest BCUT2D eigenvalue weighted by molar-refractivity contribution is 5.73. The van der Waals surface area contributed by atoms with Crippen LogP contribution in [-0.2, 0) is 4.74 Å². The predicted octanol–water partition coefficient (Wildman–Crippen LogP) is 0.806. The number of hydrogen-bond acceptors (Lipinski definition) is 3. The van der Waals surface area contributed by atoms with Gasteiger partial charge in [-0.1, -0.05) is 0 Å². The molecule has 104 valence electrons. The van der Waals surface area contributed by atoms with Crippen LogP contribution in [0.4, 0.5) is 4.79 Å². The van der Waals surface area contributed by atoms with Gasteiger partial charge < -0.3 is 20.3 Å². The van der Waals surface area contributed by atoms with E-state index in [4.69, 9.17) is 4.74 Å². The highest BCUT2D eigenvalue weighted by Gasteiger charge is 2.19. The van der Waals surface area contributed by atoms with Crippen molar-refractivity contribution in [3.8, 4) is 0 Å².